The van der Waals surface area contributed by atoms with Crippen LogP contribution in [0.1, 0.15) is 5.82 Å². The quantitative estimate of drug-likeness (QED) is 0.685. The van der Waals surface area contributed by atoms with E-state index >= 15 is 0 Å². The summed E-state index contributed by atoms with van der Waals surface area (Å²) in [6, 6.07) is 0.655. The standard InChI is InChI=1S/C9H12N4S/c1-4-7(10)6-3-13(8(4)6)9-11-5(2)12-14-9/h6-8H,1,3,10H2,2H3. The number of piperidine rings is 1. The molecule has 2 aliphatic rings. The lowest BCUT2D eigenvalue weighted by molar-refractivity contribution is 0.205. The molecule has 1 aromatic heterocycles. The third-order valence-corrected chi connectivity index (χ3v) is 4.03. The van der Waals surface area contributed by atoms with Gasteiger partial charge in [-0.15, -0.1) is 0 Å². The van der Waals surface area contributed by atoms with Gasteiger partial charge in [-0.2, -0.15) is 4.37 Å². The Bertz CT molecular complexity index is 399. The van der Waals surface area contributed by atoms with E-state index in [9.17, 15) is 0 Å². The molecule has 1 aliphatic carbocycles. The summed E-state index contributed by atoms with van der Waals surface area (Å²) in [5, 5.41) is 1.01. The topological polar surface area (TPSA) is 55.0 Å². The first-order valence-electron chi connectivity index (χ1n) is 4.69. The maximum Gasteiger partial charge on any atom is 0.205 e. The van der Waals surface area contributed by atoms with Crippen molar-refractivity contribution in [3.05, 3.63) is 18.0 Å². The van der Waals surface area contributed by atoms with Gasteiger partial charge in [0.05, 0.1) is 6.04 Å². The third kappa shape index (κ3) is 0.861. The number of nitrogens with two attached hydrogens (primary N) is 1. The molecular weight excluding hydrogens is 196 g/mol. The Morgan fingerprint density at radius 3 is 3.00 bits per heavy atom. The Morgan fingerprint density at radius 2 is 2.43 bits per heavy atom. The molecule has 3 atom stereocenters. The van der Waals surface area contributed by atoms with E-state index in [4.69, 9.17) is 5.73 Å². The molecule has 3 unspecified atom stereocenters. The minimum absolute atomic E-state index is 0.213. The molecule has 1 aliphatic heterocycles. The van der Waals surface area contributed by atoms with Gasteiger partial charge in [0.25, 0.3) is 0 Å². The highest BCUT2D eigenvalue weighted by molar-refractivity contribution is 7.09. The van der Waals surface area contributed by atoms with Gasteiger partial charge in [-0.05, 0) is 12.5 Å². The van der Waals surface area contributed by atoms with Crippen molar-refractivity contribution in [2.24, 2.45) is 11.7 Å². The normalized spacial score (nSPS) is 34.9. The van der Waals surface area contributed by atoms with Gasteiger partial charge >= 0.3 is 0 Å². The van der Waals surface area contributed by atoms with Gasteiger partial charge < -0.3 is 10.6 Å². The van der Waals surface area contributed by atoms with Gasteiger partial charge in [-0.1, -0.05) is 6.58 Å². The zero-order valence-corrected chi connectivity index (χ0v) is 8.79. The first kappa shape index (κ1) is 8.38. The Morgan fingerprint density at radius 1 is 1.64 bits per heavy atom. The minimum Gasteiger partial charge on any atom is -0.339 e. The number of hydrogen-bond acceptors (Lipinski definition) is 5. The molecule has 0 amide bonds. The molecular formula is C9H12N4S. The van der Waals surface area contributed by atoms with E-state index in [1.54, 1.807) is 0 Å². The monoisotopic (exact) mass is 208 g/mol. The number of hydrogen-bond donors (Lipinski definition) is 1. The van der Waals surface area contributed by atoms with Crippen molar-refractivity contribution >= 4 is 16.7 Å². The van der Waals surface area contributed by atoms with E-state index in [0.29, 0.717) is 12.0 Å². The highest BCUT2D eigenvalue weighted by Crippen LogP contribution is 2.46. The van der Waals surface area contributed by atoms with Crippen molar-refractivity contribution in [3.63, 3.8) is 0 Å². The van der Waals surface area contributed by atoms with Crippen molar-refractivity contribution in [2.75, 3.05) is 11.4 Å². The Labute approximate surface area is 86.6 Å². The summed E-state index contributed by atoms with van der Waals surface area (Å²) in [6.45, 7) is 6.93. The second-order valence-corrected chi connectivity index (χ2v) is 4.72. The smallest absolute Gasteiger partial charge is 0.205 e. The zero-order chi connectivity index (χ0) is 9.87. The average molecular weight is 208 g/mol. The predicted octanol–water partition coefficient (Wildman–Crippen LogP) is 0.548. The van der Waals surface area contributed by atoms with Crippen LogP contribution in [0.3, 0.4) is 0 Å². The van der Waals surface area contributed by atoms with E-state index in [2.05, 4.69) is 20.8 Å². The zero-order valence-electron chi connectivity index (χ0n) is 7.97. The SMILES string of the molecule is C=C1C(N)C2CN(c3nc(C)ns3)C12. The lowest BCUT2D eigenvalue weighted by Crippen LogP contribution is -2.73. The van der Waals surface area contributed by atoms with Crippen LogP contribution in [-0.4, -0.2) is 28.0 Å². The fourth-order valence-corrected chi connectivity index (χ4v) is 2.99. The lowest BCUT2D eigenvalue weighted by atomic mass is 9.64. The second kappa shape index (κ2) is 2.55. The number of fused-ring (bicyclic) bond motifs is 1. The van der Waals surface area contributed by atoms with Gasteiger partial charge in [-0.3, -0.25) is 0 Å². The molecule has 14 heavy (non-hydrogen) atoms. The molecule has 2 heterocycles. The highest BCUT2D eigenvalue weighted by atomic mass is 32.1. The minimum atomic E-state index is 0.213. The molecule has 0 radical (unpaired) electrons. The Balaban J connectivity index is 1.82. The van der Waals surface area contributed by atoms with Crippen molar-refractivity contribution in [3.8, 4) is 0 Å². The van der Waals surface area contributed by atoms with E-state index in [0.717, 1.165) is 23.1 Å². The van der Waals surface area contributed by atoms with Gasteiger partial charge in [0.1, 0.15) is 5.82 Å². The first-order chi connectivity index (χ1) is 6.68. The van der Waals surface area contributed by atoms with Crippen LogP contribution in [0.25, 0.3) is 0 Å². The molecule has 2 fully saturated rings. The summed E-state index contributed by atoms with van der Waals surface area (Å²) < 4.78 is 4.18. The molecule has 0 aromatic carbocycles. The predicted molar refractivity (Wildman–Crippen MR) is 56.4 cm³/mol. The molecule has 0 spiro atoms. The van der Waals surface area contributed by atoms with E-state index in [-0.39, 0.29) is 6.04 Å². The Kier molecular flexibility index (Phi) is 1.52. The van der Waals surface area contributed by atoms with Gasteiger partial charge in [-0.25, -0.2) is 4.98 Å². The highest BCUT2D eigenvalue weighted by Gasteiger charge is 2.55. The van der Waals surface area contributed by atoms with Gasteiger partial charge in [0.15, 0.2) is 0 Å². The molecule has 0 bridgehead atoms. The van der Waals surface area contributed by atoms with Gasteiger partial charge in [0, 0.05) is 30.0 Å². The third-order valence-electron chi connectivity index (χ3n) is 3.18. The number of rotatable bonds is 1. The summed E-state index contributed by atoms with van der Waals surface area (Å²) in [5.41, 5.74) is 7.04. The van der Waals surface area contributed by atoms with Crippen molar-refractivity contribution in [1.82, 2.24) is 9.36 Å². The maximum atomic E-state index is 5.89. The van der Waals surface area contributed by atoms with Crippen LogP contribution in [0, 0.1) is 12.8 Å². The molecule has 1 saturated carbocycles. The summed E-state index contributed by atoms with van der Waals surface area (Å²) in [4.78, 5) is 6.61. The second-order valence-electron chi connectivity index (χ2n) is 3.99. The molecule has 2 N–H and O–H groups in total. The molecule has 4 nitrogen and oxygen atoms in total. The molecule has 5 heteroatoms. The van der Waals surface area contributed by atoms with Gasteiger partial charge in [0.2, 0.25) is 5.13 Å². The summed E-state index contributed by atoms with van der Waals surface area (Å²) in [6.07, 6.45) is 0. The molecule has 1 aromatic rings. The summed E-state index contributed by atoms with van der Waals surface area (Å²) >= 11 is 1.46. The van der Waals surface area contributed by atoms with Crippen LogP contribution >= 0.6 is 11.5 Å². The first-order valence-corrected chi connectivity index (χ1v) is 5.47. The molecule has 1 saturated heterocycles. The number of aryl methyl sites for hydroxylation is 1. The fourth-order valence-electron chi connectivity index (χ4n) is 2.27. The van der Waals surface area contributed by atoms with Crippen LogP contribution < -0.4 is 10.6 Å². The summed E-state index contributed by atoms with van der Waals surface area (Å²) in [5.74, 6) is 1.45. The number of anilines is 1. The number of nitrogens with zero attached hydrogens (tertiary/aromatic N) is 3. The molecule has 74 valence electrons. The average Bonchev–Trinajstić information content (AvgIpc) is 2.50. The lowest BCUT2D eigenvalue weighted by Gasteiger charge is -2.60. The van der Waals surface area contributed by atoms with E-state index in [1.165, 1.54) is 11.5 Å². The van der Waals surface area contributed by atoms with Crippen molar-refractivity contribution < 1.29 is 0 Å². The van der Waals surface area contributed by atoms with E-state index in [1.807, 2.05) is 6.92 Å². The maximum absolute atomic E-state index is 5.89. The van der Waals surface area contributed by atoms with Crippen molar-refractivity contribution in [1.29, 1.82) is 0 Å². The van der Waals surface area contributed by atoms with E-state index < -0.39 is 0 Å². The molecule has 3 rings (SSSR count). The largest absolute Gasteiger partial charge is 0.339 e. The van der Waals surface area contributed by atoms with Crippen molar-refractivity contribution in [2.45, 2.75) is 19.0 Å². The van der Waals surface area contributed by atoms with Crippen LogP contribution in [-0.2, 0) is 0 Å². The van der Waals surface area contributed by atoms with Crippen LogP contribution in [0.5, 0.6) is 0 Å². The number of aromatic nitrogens is 2. The van der Waals surface area contributed by atoms with Crippen LogP contribution in [0.15, 0.2) is 12.2 Å². The summed E-state index contributed by atoms with van der Waals surface area (Å²) in [7, 11) is 0. The van der Waals surface area contributed by atoms with Crippen LogP contribution in [0.2, 0.25) is 0 Å². The van der Waals surface area contributed by atoms with Crippen LogP contribution in [0.4, 0.5) is 5.13 Å². The fraction of sp³-hybridized carbons (Fsp3) is 0.556. The Hall–Kier alpha value is -0.940.